The summed E-state index contributed by atoms with van der Waals surface area (Å²) < 4.78 is 33.4. The van der Waals surface area contributed by atoms with Crippen LogP contribution in [0.15, 0.2) is 77.7 Å². The molecule has 6 nitrogen and oxygen atoms in total. The third-order valence-electron chi connectivity index (χ3n) is 4.62. The maximum Gasteiger partial charge on any atom is 0.265 e. The lowest BCUT2D eigenvalue weighted by Crippen LogP contribution is -2.30. The Bertz CT molecular complexity index is 1130. The van der Waals surface area contributed by atoms with Crippen molar-refractivity contribution in [2.24, 2.45) is 0 Å². The molecule has 1 atom stereocenters. The monoisotopic (exact) mass is 424 g/mol. The maximum absolute atomic E-state index is 12.6. The zero-order valence-electron chi connectivity index (χ0n) is 17.0. The maximum atomic E-state index is 12.6. The minimum Gasteiger partial charge on any atom is -0.481 e. The van der Waals surface area contributed by atoms with Gasteiger partial charge in [0.1, 0.15) is 5.75 Å². The van der Waals surface area contributed by atoms with Crippen LogP contribution in [0, 0.1) is 13.8 Å². The Morgan fingerprint density at radius 2 is 1.50 bits per heavy atom. The summed E-state index contributed by atoms with van der Waals surface area (Å²) in [6.45, 7) is 5.54. The standard InChI is InChI=1S/C23H24N2O4S/c1-16-9-10-20(15-17(16)2)25-30(27,28)22-13-11-19(12-14-22)24-23(26)18(3)29-21-7-5-4-6-8-21/h4-15,18,25H,1-3H3,(H,24,26). The second kappa shape index (κ2) is 9.00. The van der Waals surface area contributed by atoms with E-state index in [9.17, 15) is 13.2 Å². The molecule has 0 aliphatic carbocycles. The fourth-order valence-corrected chi connectivity index (χ4v) is 3.79. The zero-order chi connectivity index (χ0) is 21.7. The smallest absolute Gasteiger partial charge is 0.265 e. The summed E-state index contributed by atoms with van der Waals surface area (Å²) in [7, 11) is -3.73. The van der Waals surface area contributed by atoms with Crippen molar-refractivity contribution in [1.29, 1.82) is 0 Å². The molecule has 0 spiro atoms. The lowest BCUT2D eigenvalue weighted by atomic mass is 10.1. The van der Waals surface area contributed by atoms with Crippen molar-refractivity contribution in [2.75, 3.05) is 10.0 Å². The SMILES string of the molecule is Cc1ccc(NS(=O)(=O)c2ccc(NC(=O)C(C)Oc3ccccc3)cc2)cc1C. The highest BCUT2D eigenvalue weighted by molar-refractivity contribution is 7.92. The van der Waals surface area contributed by atoms with E-state index in [1.54, 1.807) is 43.3 Å². The molecule has 1 unspecified atom stereocenters. The van der Waals surface area contributed by atoms with Crippen LogP contribution in [-0.2, 0) is 14.8 Å². The van der Waals surface area contributed by atoms with E-state index in [0.29, 0.717) is 17.1 Å². The topological polar surface area (TPSA) is 84.5 Å². The molecule has 0 aromatic heterocycles. The molecule has 0 saturated carbocycles. The van der Waals surface area contributed by atoms with Crippen LogP contribution in [0.5, 0.6) is 5.75 Å². The summed E-state index contributed by atoms with van der Waals surface area (Å²) in [5, 5.41) is 2.72. The van der Waals surface area contributed by atoms with Crippen molar-refractivity contribution in [1.82, 2.24) is 0 Å². The Labute approximate surface area is 177 Å². The zero-order valence-corrected chi connectivity index (χ0v) is 17.9. The Morgan fingerprint density at radius 3 is 2.13 bits per heavy atom. The van der Waals surface area contributed by atoms with Crippen molar-refractivity contribution in [3.05, 3.63) is 83.9 Å². The minimum atomic E-state index is -3.73. The molecule has 0 bridgehead atoms. The van der Waals surface area contributed by atoms with Gasteiger partial charge in [0, 0.05) is 11.4 Å². The molecule has 3 aromatic rings. The number of rotatable bonds is 7. The number of hydrogen-bond donors (Lipinski definition) is 2. The van der Waals surface area contributed by atoms with Gasteiger partial charge in [-0.1, -0.05) is 24.3 Å². The van der Waals surface area contributed by atoms with E-state index in [1.165, 1.54) is 12.1 Å². The van der Waals surface area contributed by atoms with Crippen LogP contribution in [0.4, 0.5) is 11.4 Å². The predicted molar refractivity (Wildman–Crippen MR) is 118 cm³/mol. The summed E-state index contributed by atoms with van der Waals surface area (Å²) in [6, 6.07) is 20.4. The number of sulfonamides is 1. The van der Waals surface area contributed by atoms with Gasteiger partial charge in [-0.25, -0.2) is 8.42 Å². The van der Waals surface area contributed by atoms with Gasteiger partial charge in [0.2, 0.25) is 0 Å². The molecule has 7 heteroatoms. The van der Waals surface area contributed by atoms with Gasteiger partial charge in [-0.05, 0) is 80.4 Å². The first kappa shape index (κ1) is 21.4. The lowest BCUT2D eigenvalue weighted by Gasteiger charge is -2.15. The van der Waals surface area contributed by atoms with Crippen molar-refractivity contribution in [3.8, 4) is 5.75 Å². The molecule has 0 aliphatic rings. The largest absolute Gasteiger partial charge is 0.481 e. The third kappa shape index (κ3) is 5.39. The van der Waals surface area contributed by atoms with Crippen LogP contribution in [0.25, 0.3) is 0 Å². The second-order valence-corrected chi connectivity index (χ2v) is 8.67. The Kier molecular flexibility index (Phi) is 6.42. The lowest BCUT2D eigenvalue weighted by molar-refractivity contribution is -0.122. The summed E-state index contributed by atoms with van der Waals surface area (Å²) in [5.41, 5.74) is 3.07. The van der Waals surface area contributed by atoms with E-state index in [1.807, 2.05) is 38.1 Å². The fraction of sp³-hybridized carbons (Fsp3) is 0.174. The molecule has 0 aliphatic heterocycles. The number of anilines is 2. The van der Waals surface area contributed by atoms with Gasteiger partial charge >= 0.3 is 0 Å². The molecule has 0 saturated heterocycles. The minimum absolute atomic E-state index is 0.104. The molecule has 156 valence electrons. The van der Waals surface area contributed by atoms with E-state index in [0.717, 1.165) is 11.1 Å². The van der Waals surface area contributed by atoms with Crippen LogP contribution >= 0.6 is 0 Å². The molecule has 1 amide bonds. The Hall–Kier alpha value is -3.32. The van der Waals surface area contributed by atoms with Crippen LogP contribution in [0.1, 0.15) is 18.1 Å². The number of carbonyl (C=O) groups is 1. The van der Waals surface area contributed by atoms with Gasteiger partial charge in [-0.3, -0.25) is 9.52 Å². The summed E-state index contributed by atoms with van der Waals surface area (Å²) >= 11 is 0. The first-order chi connectivity index (χ1) is 14.2. The molecule has 0 fully saturated rings. The number of nitrogens with one attached hydrogen (secondary N) is 2. The van der Waals surface area contributed by atoms with E-state index in [2.05, 4.69) is 10.0 Å². The van der Waals surface area contributed by atoms with Gasteiger partial charge in [0.25, 0.3) is 15.9 Å². The van der Waals surface area contributed by atoms with E-state index < -0.39 is 16.1 Å². The van der Waals surface area contributed by atoms with Crippen LogP contribution in [0.3, 0.4) is 0 Å². The number of hydrogen-bond acceptors (Lipinski definition) is 4. The van der Waals surface area contributed by atoms with Gasteiger partial charge in [0.15, 0.2) is 6.10 Å². The molecular formula is C23H24N2O4S. The van der Waals surface area contributed by atoms with Crippen LogP contribution < -0.4 is 14.8 Å². The molecule has 3 aromatic carbocycles. The van der Waals surface area contributed by atoms with Crippen molar-refractivity contribution >= 4 is 27.3 Å². The van der Waals surface area contributed by atoms with Crippen molar-refractivity contribution in [3.63, 3.8) is 0 Å². The van der Waals surface area contributed by atoms with Gasteiger partial charge < -0.3 is 10.1 Å². The van der Waals surface area contributed by atoms with Gasteiger partial charge in [0.05, 0.1) is 4.90 Å². The van der Waals surface area contributed by atoms with Crippen molar-refractivity contribution < 1.29 is 17.9 Å². The number of amides is 1. The van der Waals surface area contributed by atoms with Crippen LogP contribution in [0.2, 0.25) is 0 Å². The Morgan fingerprint density at radius 1 is 0.867 bits per heavy atom. The second-order valence-electron chi connectivity index (χ2n) is 6.99. The number of ether oxygens (including phenoxy) is 1. The summed E-state index contributed by atoms with van der Waals surface area (Å²) in [5.74, 6) is 0.265. The normalized spacial score (nSPS) is 12.1. The fourth-order valence-electron chi connectivity index (χ4n) is 2.74. The highest BCUT2D eigenvalue weighted by Crippen LogP contribution is 2.21. The van der Waals surface area contributed by atoms with E-state index in [-0.39, 0.29) is 10.8 Å². The first-order valence-corrected chi connectivity index (χ1v) is 11.0. The summed E-state index contributed by atoms with van der Waals surface area (Å²) in [6.07, 6.45) is -0.706. The molecule has 0 heterocycles. The average Bonchev–Trinajstić information content (AvgIpc) is 2.71. The number of carbonyl (C=O) groups excluding carboxylic acids is 1. The highest BCUT2D eigenvalue weighted by Gasteiger charge is 2.17. The van der Waals surface area contributed by atoms with E-state index in [4.69, 9.17) is 4.74 Å². The van der Waals surface area contributed by atoms with Gasteiger partial charge in [-0.2, -0.15) is 0 Å². The first-order valence-electron chi connectivity index (χ1n) is 9.47. The number of benzene rings is 3. The van der Waals surface area contributed by atoms with Gasteiger partial charge in [-0.15, -0.1) is 0 Å². The molecule has 0 radical (unpaired) electrons. The quantitative estimate of drug-likeness (QED) is 0.584. The number of para-hydroxylation sites is 1. The molecule has 3 rings (SSSR count). The predicted octanol–water partition coefficient (Wildman–Crippen LogP) is 4.51. The third-order valence-corrected chi connectivity index (χ3v) is 6.01. The van der Waals surface area contributed by atoms with Crippen LogP contribution in [-0.4, -0.2) is 20.4 Å². The number of aryl methyl sites for hydroxylation is 2. The summed E-state index contributed by atoms with van der Waals surface area (Å²) in [4.78, 5) is 12.4. The van der Waals surface area contributed by atoms with E-state index >= 15 is 0 Å². The Balaban J connectivity index is 1.64. The molecule has 2 N–H and O–H groups in total. The molecule has 30 heavy (non-hydrogen) atoms. The molecular weight excluding hydrogens is 400 g/mol. The highest BCUT2D eigenvalue weighted by atomic mass is 32.2. The van der Waals surface area contributed by atoms with Crippen molar-refractivity contribution in [2.45, 2.75) is 31.8 Å². The average molecular weight is 425 g/mol.